The van der Waals surface area contributed by atoms with Gasteiger partial charge in [-0.25, -0.2) is 0 Å². The summed E-state index contributed by atoms with van der Waals surface area (Å²) in [5.74, 6) is 2.22. The summed E-state index contributed by atoms with van der Waals surface area (Å²) in [7, 11) is 3.35. The zero-order chi connectivity index (χ0) is 21.6. The second-order valence-electron chi connectivity index (χ2n) is 7.54. The molecule has 5 heteroatoms. The zero-order valence-electron chi connectivity index (χ0n) is 17.9. The third-order valence-electron chi connectivity index (χ3n) is 5.66. The minimum atomic E-state index is 0.369. The molecule has 0 bridgehead atoms. The van der Waals surface area contributed by atoms with Gasteiger partial charge in [0.15, 0.2) is 0 Å². The lowest BCUT2D eigenvalue weighted by Gasteiger charge is -2.31. The molecule has 4 rings (SSSR count). The summed E-state index contributed by atoms with van der Waals surface area (Å²) < 4.78 is 17.5. The molecule has 1 aliphatic heterocycles. The van der Waals surface area contributed by atoms with Gasteiger partial charge in [-0.15, -0.1) is 0 Å². The Morgan fingerprint density at radius 3 is 2.16 bits per heavy atom. The molecule has 0 atom stereocenters. The molecule has 158 valence electrons. The molecular formula is C26H26N2O3. The average Bonchev–Trinajstić information content (AvgIpc) is 2.80. The molecule has 1 saturated heterocycles. The van der Waals surface area contributed by atoms with Gasteiger partial charge in [-0.1, -0.05) is 42.5 Å². The van der Waals surface area contributed by atoms with Crippen molar-refractivity contribution in [1.82, 2.24) is 4.90 Å². The summed E-state index contributed by atoms with van der Waals surface area (Å²) in [5, 5.41) is 9.49. The Kier molecular flexibility index (Phi) is 6.40. The molecule has 3 aromatic carbocycles. The highest BCUT2D eigenvalue weighted by Gasteiger charge is 2.20. The minimum Gasteiger partial charge on any atom is -0.496 e. The van der Waals surface area contributed by atoms with E-state index in [0.717, 1.165) is 53.4 Å². The van der Waals surface area contributed by atoms with Crippen LogP contribution in [0.5, 0.6) is 17.2 Å². The quantitative estimate of drug-likeness (QED) is 0.518. The lowest BCUT2D eigenvalue weighted by Crippen LogP contribution is -2.36. The van der Waals surface area contributed by atoms with Crippen LogP contribution in [-0.4, -0.2) is 32.2 Å². The van der Waals surface area contributed by atoms with Gasteiger partial charge >= 0.3 is 0 Å². The van der Waals surface area contributed by atoms with E-state index < -0.39 is 0 Å². The standard InChI is InChI=1S/C26H26N2O3/c1-29-25-14-21(15-26(30-2)24(25)17-28-12-7-13-28)31-18-20-9-4-6-11-23(20)22-10-5-3-8-19(22)16-27/h3-6,8-11,14-15H,7,12-13,17-18H2,1-2H3. The van der Waals surface area contributed by atoms with Crippen LogP contribution in [-0.2, 0) is 13.2 Å². The highest BCUT2D eigenvalue weighted by atomic mass is 16.5. The van der Waals surface area contributed by atoms with E-state index in [9.17, 15) is 5.26 Å². The van der Waals surface area contributed by atoms with Crippen LogP contribution in [0.3, 0.4) is 0 Å². The number of rotatable bonds is 8. The third-order valence-corrected chi connectivity index (χ3v) is 5.66. The zero-order valence-corrected chi connectivity index (χ0v) is 17.9. The Hall–Kier alpha value is -3.49. The van der Waals surface area contributed by atoms with Crippen LogP contribution in [0.4, 0.5) is 0 Å². The Morgan fingerprint density at radius 2 is 1.55 bits per heavy atom. The highest BCUT2D eigenvalue weighted by molar-refractivity contribution is 5.73. The molecule has 0 saturated carbocycles. The predicted molar refractivity (Wildman–Crippen MR) is 120 cm³/mol. The van der Waals surface area contributed by atoms with Crippen LogP contribution < -0.4 is 14.2 Å². The molecule has 1 fully saturated rings. The van der Waals surface area contributed by atoms with Crippen molar-refractivity contribution < 1.29 is 14.2 Å². The van der Waals surface area contributed by atoms with Crippen LogP contribution in [0.15, 0.2) is 60.7 Å². The van der Waals surface area contributed by atoms with Crippen LogP contribution >= 0.6 is 0 Å². The summed E-state index contributed by atoms with van der Waals surface area (Å²) in [4.78, 5) is 2.36. The molecule has 1 aliphatic rings. The molecule has 0 spiro atoms. The first-order valence-electron chi connectivity index (χ1n) is 10.4. The summed E-state index contributed by atoms with van der Waals surface area (Å²) in [5.41, 5.74) is 4.60. The molecule has 0 unspecified atom stereocenters. The Labute approximate surface area is 183 Å². The van der Waals surface area contributed by atoms with Crippen molar-refractivity contribution in [2.45, 2.75) is 19.6 Å². The van der Waals surface area contributed by atoms with Crippen molar-refractivity contribution in [3.63, 3.8) is 0 Å². The van der Waals surface area contributed by atoms with Crippen molar-refractivity contribution in [3.05, 3.63) is 77.4 Å². The fraction of sp³-hybridized carbons (Fsp3) is 0.269. The van der Waals surface area contributed by atoms with Crippen LogP contribution in [0.1, 0.15) is 23.1 Å². The van der Waals surface area contributed by atoms with Gasteiger partial charge in [-0.2, -0.15) is 5.26 Å². The van der Waals surface area contributed by atoms with Gasteiger partial charge in [0.1, 0.15) is 23.9 Å². The fourth-order valence-corrected chi connectivity index (χ4v) is 3.85. The van der Waals surface area contributed by atoms with E-state index >= 15 is 0 Å². The van der Waals surface area contributed by atoms with Crippen molar-refractivity contribution in [2.24, 2.45) is 0 Å². The van der Waals surface area contributed by atoms with E-state index in [2.05, 4.69) is 11.0 Å². The van der Waals surface area contributed by atoms with Gasteiger partial charge in [-0.3, -0.25) is 4.90 Å². The van der Waals surface area contributed by atoms with Gasteiger partial charge in [0.05, 0.1) is 31.4 Å². The molecular weight excluding hydrogens is 388 g/mol. The molecule has 0 radical (unpaired) electrons. The Balaban J connectivity index is 1.59. The summed E-state index contributed by atoms with van der Waals surface area (Å²) in [6.07, 6.45) is 1.24. The maximum atomic E-state index is 9.49. The number of methoxy groups -OCH3 is 2. The fourth-order valence-electron chi connectivity index (χ4n) is 3.85. The van der Waals surface area contributed by atoms with E-state index in [1.807, 2.05) is 60.7 Å². The number of benzene rings is 3. The van der Waals surface area contributed by atoms with Crippen LogP contribution in [0.2, 0.25) is 0 Å². The van der Waals surface area contributed by atoms with Gasteiger partial charge in [0.25, 0.3) is 0 Å². The molecule has 0 N–H and O–H groups in total. The monoisotopic (exact) mass is 414 g/mol. The Morgan fingerprint density at radius 1 is 0.903 bits per heavy atom. The second kappa shape index (κ2) is 9.55. The topological polar surface area (TPSA) is 54.7 Å². The maximum absolute atomic E-state index is 9.49. The third kappa shape index (κ3) is 4.50. The number of likely N-dealkylation sites (tertiary alicyclic amines) is 1. The number of nitrogens with zero attached hydrogens (tertiary/aromatic N) is 2. The van der Waals surface area contributed by atoms with Crippen LogP contribution in [0, 0.1) is 11.3 Å². The van der Waals surface area contributed by atoms with Gasteiger partial charge in [-0.05, 0) is 42.3 Å². The molecule has 0 amide bonds. The molecule has 0 aliphatic carbocycles. The van der Waals surface area contributed by atoms with Crippen molar-refractivity contribution in [3.8, 4) is 34.4 Å². The van der Waals surface area contributed by atoms with E-state index in [4.69, 9.17) is 14.2 Å². The van der Waals surface area contributed by atoms with E-state index in [1.54, 1.807) is 14.2 Å². The van der Waals surface area contributed by atoms with Crippen molar-refractivity contribution >= 4 is 0 Å². The normalized spacial score (nSPS) is 13.2. The summed E-state index contributed by atoms with van der Waals surface area (Å²) >= 11 is 0. The minimum absolute atomic E-state index is 0.369. The lowest BCUT2D eigenvalue weighted by molar-refractivity contribution is 0.168. The first-order chi connectivity index (χ1) is 15.2. The van der Waals surface area contributed by atoms with Gasteiger partial charge in [0.2, 0.25) is 0 Å². The number of ether oxygens (including phenoxy) is 3. The maximum Gasteiger partial charge on any atom is 0.130 e. The second-order valence-corrected chi connectivity index (χ2v) is 7.54. The average molecular weight is 415 g/mol. The molecule has 31 heavy (non-hydrogen) atoms. The van der Waals surface area contributed by atoms with E-state index in [1.165, 1.54) is 6.42 Å². The number of nitriles is 1. The first-order valence-corrected chi connectivity index (χ1v) is 10.4. The van der Waals surface area contributed by atoms with E-state index in [0.29, 0.717) is 17.9 Å². The largest absolute Gasteiger partial charge is 0.496 e. The molecule has 5 nitrogen and oxygen atoms in total. The number of hydrogen-bond acceptors (Lipinski definition) is 5. The SMILES string of the molecule is COc1cc(OCc2ccccc2-c2ccccc2C#N)cc(OC)c1CN1CCC1. The summed E-state index contributed by atoms with van der Waals surface area (Å²) in [6.45, 7) is 3.38. The van der Waals surface area contributed by atoms with Gasteiger partial charge < -0.3 is 14.2 Å². The van der Waals surface area contributed by atoms with Gasteiger partial charge in [0, 0.05) is 18.7 Å². The van der Waals surface area contributed by atoms with Crippen molar-refractivity contribution in [2.75, 3.05) is 27.3 Å². The predicted octanol–water partition coefficient (Wildman–Crippen LogP) is 5.03. The van der Waals surface area contributed by atoms with Crippen molar-refractivity contribution in [1.29, 1.82) is 5.26 Å². The highest BCUT2D eigenvalue weighted by Crippen LogP contribution is 2.36. The van der Waals surface area contributed by atoms with E-state index in [-0.39, 0.29) is 0 Å². The number of hydrogen-bond donors (Lipinski definition) is 0. The first kappa shape index (κ1) is 20.8. The molecule has 3 aromatic rings. The molecule has 0 aromatic heterocycles. The molecule has 1 heterocycles. The van der Waals surface area contributed by atoms with Crippen LogP contribution in [0.25, 0.3) is 11.1 Å². The Bertz CT molecular complexity index is 1070. The summed E-state index contributed by atoms with van der Waals surface area (Å²) in [6, 6.07) is 21.7. The lowest BCUT2D eigenvalue weighted by atomic mass is 9.96. The smallest absolute Gasteiger partial charge is 0.130 e.